The zero-order valence-corrected chi connectivity index (χ0v) is 34.5. The van der Waals surface area contributed by atoms with Gasteiger partial charge in [-0.2, -0.15) is 19.0 Å². The Hall–Kier alpha value is -5.06. The van der Waals surface area contributed by atoms with Gasteiger partial charge < -0.3 is 25.0 Å². The first-order chi connectivity index (χ1) is 28.0. The van der Waals surface area contributed by atoms with Crippen LogP contribution in [0, 0.1) is 34.5 Å². The molecule has 60 heavy (non-hydrogen) atoms. The van der Waals surface area contributed by atoms with Crippen LogP contribution in [0.25, 0.3) is 11.0 Å². The highest BCUT2D eigenvalue weighted by atomic mass is 32.2. The molecule has 3 heterocycles. The smallest absolute Gasteiger partial charge is 0.408 e. The number of aromatic amines is 1. The van der Waals surface area contributed by atoms with Crippen molar-refractivity contribution in [2.75, 3.05) is 6.54 Å². The van der Waals surface area contributed by atoms with E-state index in [1.165, 1.54) is 31.2 Å². The van der Waals surface area contributed by atoms with Crippen LogP contribution in [0.5, 0.6) is 5.88 Å². The number of benzene rings is 1. The molecule has 1 aromatic heterocycles. The van der Waals surface area contributed by atoms with E-state index in [4.69, 9.17) is 9.47 Å². The molecule has 1 aromatic carbocycles. The normalized spacial score (nSPS) is 31.5. The summed E-state index contributed by atoms with van der Waals surface area (Å²) in [5, 5.41) is 14.6. The second-order valence-electron chi connectivity index (χ2n) is 17.9. The average molecular weight is 863 g/mol. The number of hydrogen-bond acceptors (Lipinski definition) is 10. The molecule has 4 fully saturated rings. The van der Waals surface area contributed by atoms with Crippen LogP contribution in [0.15, 0.2) is 30.4 Å². The SMILES string of the molecule is CC[C@@H]1[C@@H]2CN(C(=O)[C@H](C(C)(C)C)NC(=O)O[C@@H]3C[C@H]3CC/C=C/C(F)(F)c3nc4ccc(C#N)cc4[nH+]c3O2)[C@@H]1C(=O)N[C@]1(C(=O)NS(=O)(=O)C2(C)CC2)C[C@H]1C(F)F. The maximum Gasteiger partial charge on any atom is 0.408 e. The number of nitriles is 1. The van der Waals surface area contributed by atoms with Gasteiger partial charge in [0.25, 0.3) is 5.91 Å². The van der Waals surface area contributed by atoms with Crippen LogP contribution in [0.4, 0.5) is 22.4 Å². The molecule has 3 saturated carbocycles. The number of amides is 4. The number of aromatic nitrogens is 2. The fourth-order valence-corrected chi connectivity index (χ4v) is 9.50. The first-order valence-corrected chi connectivity index (χ1v) is 21.5. The van der Waals surface area contributed by atoms with Crippen LogP contribution in [0.1, 0.15) is 90.8 Å². The van der Waals surface area contributed by atoms with Crippen molar-refractivity contribution < 1.29 is 59.6 Å². The Labute approximate surface area is 344 Å². The van der Waals surface area contributed by atoms with Crippen molar-refractivity contribution in [3.05, 3.63) is 41.6 Å². The van der Waals surface area contributed by atoms with Gasteiger partial charge >= 0.3 is 17.9 Å². The van der Waals surface area contributed by atoms with E-state index in [-0.39, 0.29) is 48.2 Å². The van der Waals surface area contributed by atoms with Gasteiger partial charge in [-0.05, 0) is 81.4 Å². The molecule has 5 aliphatic rings. The highest BCUT2D eigenvalue weighted by Crippen LogP contribution is 2.50. The Balaban J connectivity index is 1.31. The fourth-order valence-electron chi connectivity index (χ4n) is 8.19. The summed E-state index contributed by atoms with van der Waals surface area (Å²) in [5.74, 6) is -10.5. The molecule has 3 aliphatic carbocycles. The van der Waals surface area contributed by atoms with Crippen LogP contribution in [0.3, 0.4) is 0 Å². The number of alkyl carbamates (subject to hydrolysis) is 1. The number of H-pyrrole nitrogens is 1. The summed E-state index contributed by atoms with van der Waals surface area (Å²) in [4.78, 5) is 64.5. The molecule has 15 nitrogen and oxygen atoms in total. The molecule has 2 aromatic rings. The number of carbonyl (C=O) groups excluding carboxylic acids is 4. The van der Waals surface area contributed by atoms with Crippen molar-refractivity contribution in [3.8, 4) is 11.9 Å². The summed E-state index contributed by atoms with van der Waals surface area (Å²) in [7, 11) is -4.33. The molecular weight excluding hydrogens is 815 g/mol. The van der Waals surface area contributed by atoms with Gasteiger partial charge in [-0.1, -0.05) is 33.8 Å². The van der Waals surface area contributed by atoms with Crippen LogP contribution >= 0.6 is 0 Å². The summed E-state index contributed by atoms with van der Waals surface area (Å²) in [5.41, 5.74) is -3.80. The topological polar surface area (TPSA) is 211 Å². The molecule has 0 unspecified atom stereocenters. The maximum atomic E-state index is 16.2. The molecule has 0 spiro atoms. The van der Waals surface area contributed by atoms with Crippen LogP contribution in [-0.2, 0) is 35.1 Å². The number of ether oxygens (including phenoxy) is 2. The second-order valence-corrected chi connectivity index (χ2v) is 20.1. The number of nitrogens with zero attached hydrogens (tertiary/aromatic N) is 3. The lowest BCUT2D eigenvalue weighted by Crippen LogP contribution is -2.61. The quantitative estimate of drug-likeness (QED) is 0.269. The van der Waals surface area contributed by atoms with Crippen molar-refractivity contribution in [3.63, 3.8) is 0 Å². The van der Waals surface area contributed by atoms with E-state index < -0.39 is 123 Å². The molecule has 0 radical (unpaired) electrons. The third kappa shape index (κ3) is 8.08. The van der Waals surface area contributed by atoms with E-state index >= 15 is 8.78 Å². The Kier molecular flexibility index (Phi) is 10.9. The first-order valence-electron chi connectivity index (χ1n) is 20.0. The number of allylic oxidation sites excluding steroid dienone is 2. The van der Waals surface area contributed by atoms with E-state index in [1.54, 1.807) is 27.7 Å². The van der Waals surface area contributed by atoms with Gasteiger partial charge in [-0.25, -0.2) is 27.0 Å². The summed E-state index contributed by atoms with van der Waals surface area (Å²) in [6, 6.07) is 3.19. The minimum absolute atomic E-state index is 0.0285. The number of rotatable bonds is 7. The molecular formula is C40H48F4N7O8S+. The Morgan fingerprint density at radius 1 is 1.17 bits per heavy atom. The van der Waals surface area contributed by atoms with Gasteiger partial charge in [0.05, 0.1) is 28.8 Å². The highest BCUT2D eigenvalue weighted by Gasteiger charge is 2.68. The van der Waals surface area contributed by atoms with E-state index in [2.05, 4.69) is 20.6 Å². The lowest BCUT2D eigenvalue weighted by atomic mass is 9.85. The number of alkyl halides is 4. The number of fused-ring (bicyclic) bond motifs is 5. The Morgan fingerprint density at radius 3 is 2.50 bits per heavy atom. The van der Waals surface area contributed by atoms with Gasteiger partial charge in [-0.3, -0.25) is 19.1 Å². The summed E-state index contributed by atoms with van der Waals surface area (Å²) in [6.07, 6.45) is -2.91. The predicted octanol–water partition coefficient (Wildman–Crippen LogP) is 4.01. The van der Waals surface area contributed by atoms with Crippen LogP contribution in [-0.4, -0.2) is 89.7 Å². The van der Waals surface area contributed by atoms with Crippen molar-refractivity contribution in [2.45, 2.75) is 126 Å². The molecule has 7 rings (SSSR count). The molecule has 2 bridgehead atoms. The molecule has 4 amide bonds. The minimum atomic E-state index is -4.33. The summed E-state index contributed by atoms with van der Waals surface area (Å²) >= 11 is 0. The number of hydrogen-bond donors (Lipinski definition) is 3. The van der Waals surface area contributed by atoms with Crippen molar-refractivity contribution in [1.82, 2.24) is 25.2 Å². The molecule has 2 aliphatic heterocycles. The third-order valence-electron chi connectivity index (χ3n) is 12.4. The van der Waals surface area contributed by atoms with E-state index in [9.17, 15) is 41.6 Å². The monoisotopic (exact) mass is 862 g/mol. The number of halogens is 4. The lowest BCUT2D eigenvalue weighted by Gasteiger charge is -2.36. The van der Waals surface area contributed by atoms with Gasteiger partial charge in [0.15, 0.2) is 0 Å². The van der Waals surface area contributed by atoms with Crippen molar-refractivity contribution in [2.24, 2.45) is 23.2 Å². The number of sulfonamides is 1. The van der Waals surface area contributed by atoms with Gasteiger partial charge in [-0.15, -0.1) is 0 Å². The predicted molar refractivity (Wildman–Crippen MR) is 203 cm³/mol. The summed E-state index contributed by atoms with van der Waals surface area (Å²) < 4.78 is 99.8. The van der Waals surface area contributed by atoms with Gasteiger partial charge in [0.1, 0.15) is 35.3 Å². The highest BCUT2D eigenvalue weighted by molar-refractivity contribution is 7.91. The van der Waals surface area contributed by atoms with Gasteiger partial charge in [0, 0.05) is 12.0 Å². The number of carbonyl (C=O) groups is 4. The number of nitrogens with one attached hydrogen (secondary N) is 4. The molecule has 8 atom stereocenters. The average Bonchev–Trinajstić information content (AvgIpc) is 4.12. The Bertz CT molecular complexity index is 2300. The molecule has 1 saturated heterocycles. The van der Waals surface area contributed by atoms with Gasteiger partial charge in [0.2, 0.25) is 39.5 Å². The zero-order valence-electron chi connectivity index (χ0n) is 33.7. The summed E-state index contributed by atoms with van der Waals surface area (Å²) in [6.45, 7) is 7.52. The van der Waals surface area contributed by atoms with Crippen molar-refractivity contribution in [1.29, 1.82) is 5.26 Å². The fraction of sp³-hybridized carbons (Fsp3) is 0.625. The Morgan fingerprint density at radius 2 is 1.88 bits per heavy atom. The second kappa shape index (κ2) is 15.1. The molecule has 20 heteroatoms. The maximum absolute atomic E-state index is 16.2. The van der Waals surface area contributed by atoms with E-state index in [0.29, 0.717) is 18.9 Å². The van der Waals surface area contributed by atoms with E-state index in [1.807, 2.05) is 10.8 Å². The first kappa shape index (κ1) is 43.0. The molecule has 324 valence electrons. The van der Waals surface area contributed by atoms with Crippen molar-refractivity contribution >= 4 is 44.9 Å². The third-order valence-corrected chi connectivity index (χ3v) is 14.6. The van der Waals surface area contributed by atoms with E-state index in [0.717, 1.165) is 4.90 Å². The zero-order chi connectivity index (χ0) is 43.7. The van der Waals surface area contributed by atoms with Crippen LogP contribution < -0.4 is 25.1 Å². The molecule has 4 N–H and O–H groups in total. The minimum Gasteiger partial charge on any atom is -0.446 e. The van der Waals surface area contributed by atoms with Crippen LogP contribution in [0.2, 0.25) is 0 Å². The lowest BCUT2D eigenvalue weighted by molar-refractivity contribution is -0.369. The largest absolute Gasteiger partial charge is 0.446 e. The standard InChI is InChI=1S/C40H47F4N7O8S/c1-6-22-27-19-51(28(22)32(52)49-39(17-23(39)31(41)42)35(54)50-60(56,57)38(5)13-14-38)34(53)30(37(2,3)4)48-36(55)59-26-16-21(26)9-7-8-12-40(43,44)29-33(58-27)47-25-15-20(18-45)10-11-24(25)46-29/h8,10-12,15,21-23,26-28,30-31H,6-7,9,13-14,16-17,19H2,1-5H3,(H,48,55)(H,49,52)(H,50,54)/p+1/b12-8+/t21-,22-,23+,26-,27+,28+,30-,39-/m1/s1.